The van der Waals surface area contributed by atoms with Crippen molar-refractivity contribution in [2.45, 2.75) is 6.10 Å². The predicted molar refractivity (Wildman–Crippen MR) is 103 cm³/mol. The molecule has 27 heavy (non-hydrogen) atoms. The number of nitrogens with zero attached hydrogens (tertiary/aromatic N) is 4. The first-order valence-electron chi connectivity index (χ1n) is 8.57. The molecule has 7 nitrogen and oxygen atoms in total. The molecule has 8 heteroatoms. The van der Waals surface area contributed by atoms with Crippen LogP contribution in [0.2, 0.25) is 0 Å². The second-order valence-electron chi connectivity index (χ2n) is 6.10. The van der Waals surface area contributed by atoms with Crippen LogP contribution in [0.15, 0.2) is 53.4 Å². The smallest absolute Gasteiger partial charge is 0.272 e. The molecule has 1 saturated heterocycles. The van der Waals surface area contributed by atoms with Crippen molar-refractivity contribution in [3.63, 3.8) is 0 Å². The molecule has 138 valence electrons. The first kappa shape index (κ1) is 17.8. The number of aromatic nitrogens is 3. The zero-order valence-electron chi connectivity index (χ0n) is 14.4. The number of ether oxygens (including phenoxy) is 2. The van der Waals surface area contributed by atoms with Gasteiger partial charge in [0.05, 0.1) is 24.1 Å². The summed E-state index contributed by atoms with van der Waals surface area (Å²) in [7, 11) is 0. The highest BCUT2D eigenvalue weighted by Crippen LogP contribution is 2.21. The van der Waals surface area contributed by atoms with E-state index in [9.17, 15) is 4.79 Å². The van der Waals surface area contributed by atoms with E-state index in [1.54, 1.807) is 23.1 Å². The number of hydrogen-bond acceptors (Lipinski definition) is 6. The molecule has 0 N–H and O–H groups in total. The molecule has 1 unspecified atom stereocenters. The second kappa shape index (κ2) is 7.98. The summed E-state index contributed by atoms with van der Waals surface area (Å²) < 4.78 is 12.3. The summed E-state index contributed by atoms with van der Waals surface area (Å²) in [4.78, 5) is 27.1. The first-order valence-corrected chi connectivity index (χ1v) is 9.36. The van der Waals surface area contributed by atoms with Gasteiger partial charge in [0.15, 0.2) is 0 Å². The zero-order chi connectivity index (χ0) is 18.6. The summed E-state index contributed by atoms with van der Waals surface area (Å²) >= 11 is 3.30. The lowest BCUT2D eigenvalue weighted by atomic mass is 10.2. The van der Waals surface area contributed by atoms with E-state index in [1.165, 1.54) is 6.33 Å². The molecule has 1 aliphatic heterocycles. The Kier molecular flexibility index (Phi) is 5.26. The Morgan fingerprint density at radius 1 is 1.22 bits per heavy atom. The lowest BCUT2D eigenvalue weighted by molar-refractivity contribution is -0.0406. The van der Waals surface area contributed by atoms with Crippen molar-refractivity contribution >= 4 is 32.7 Å². The van der Waals surface area contributed by atoms with Gasteiger partial charge in [-0.1, -0.05) is 18.2 Å². The van der Waals surface area contributed by atoms with Crippen LogP contribution < -0.4 is 4.74 Å². The van der Waals surface area contributed by atoms with Crippen LogP contribution in [0.3, 0.4) is 0 Å². The SMILES string of the molecule is O=C(c1cccc(Br)n1)N1CCOC(COc2ncnc3ccccc23)C1. The molecule has 1 fully saturated rings. The Bertz CT molecular complexity index is 963. The standard InChI is InChI=1S/C19H17BrN4O3/c20-17-7-3-6-16(23-17)19(25)24-8-9-26-13(10-24)11-27-18-14-4-1-2-5-15(14)21-12-22-18/h1-7,12-13H,8-11H2. The van der Waals surface area contributed by atoms with Gasteiger partial charge in [-0.15, -0.1) is 0 Å². The summed E-state index contributed by atoms with van der Waals surface area (Å²) in [5, 5.41) is 0.849. The Hall–Kier alpha value is -2.58. The maximum absolute atomic E-state index is 12.7. The van der Waals surface area contributed by atoms with Gasteiger partial charge in [0, 0.05) is 6.54 Å². The molecule has 3 heterocycles. The van der Waals surface area contributed by atoms with Crippen LogP contribution in [-0.4, -0.2) is 58.2 Å². The fourth-order valence-corrected chi connectivity index (χ4v) is 3.30. The van der Waals surface area contributed by atoms with Gasteiger partial charge in [-0.25, -0.2) is 15.0 Å². The summed E-state index contributed by atoms with van der Waals surface area (Å²) in [5.41, 5.74) is 1.23. The number of carbonyl (C=O) groups is 1. The summed E-state index contributed by atoms with van der Waals surface area (Å²) in [6, 6.07) is 13.0. The first-order chi connectivity index (χ1) is 13.2. The molecule has 1 aliphatic rings. The van der Waals surface area contributed by atoms with Crippen molar-refractivity contribution in [1.82, 2.24) is 19.9 Å². The fourth-order valence-electron chi connectivity index (χ4n) is 2.96. The van der Waals surface area contributed by atoms with Gasteiger partial charge in [-0.3, -0.25) is 4.79 Å². The monoisotopic (exact) mass is 428 g/mol. The van der Waals surface area contributed by atoms with E-state index in [0.717, 1.165) is 10.9 Å². The largest absolute Gasteiger partial charge is 0.474 e. The Labute approximate surface area is 164 Å². The molecule has 0 aliphatic carbocycles. The van der Waals surface area contributed by atoms with Gasteiger partial charge in [-0.2, -0.15) is 0 Å². The van der Waals surface area contributed by atoms with Gasteiger partial charge in [-0.05, 0) is 40.2 Å². The van der Waals surface area contributed by atoms with E-state index < -0.39 is 0 Å². The summed E-state index contributed by atoms with van der Waals surface area (Å²) in [5.74, 6) is 0.401. The third-order valence-corrected chi connectivity index (χ3v) is 4.71. The fraction of sp³-hybridized carbons (Fsp3) is 0.263. The van der Waals surface area contributed by atoms with Crippen LogP contribution in [0.1, 0.15) is 10.5 Å². The Balaban J connectivity index is 1.42. The number of amides is 1. The number of benzene rings is 1. The number of hydrogen-bond donors (Lipinski definition) is 0. The molecule has 0 spiro atoms. The minimum atomic E-state index is -0.233. The van der Waals surface area contributed by atoms with Crippen molar-refractivity contribution in [3.8, 4) is 5.88 Å². The quantitative estimate of drug-likeness (QED) is 0.594. The predicted octanol–water partition coefficient (Wildman–Crippen LogP) is 2.71. The summed E-state index contributed by atoms with van der Waals surface area (Å²) in [6.45, 7) is 1.73. The molecule has 0 saturated carbocycles. The molecule has 1 aromatic carbocycles. The van der Waals surface area contributed by atoms with E-state index in [0.29, 0.717) is 42.5 Å². The van der Waals surface area contributed by atoms with Crippen LogP contribution in [0.4, 0.5) is 0 Å². The van der Waals surface area contributed by atoms with E-state index in [1.807, 2.05) is 24.3 Å². The van der Waals surface area contributed by atoms with Gasteiger partial charge in [0.25, 0.3) is 5.91 Å². The highest BCUT2D eigenvalue weighted by molar-refractivity contribution is 9.10. The van der Waals surface area contributed by atoms with Crippen LogP contribution in [0.25, 0.3) is 10.9 Å². The number of morpholine rings is 1. The van der Waals surface area contributed by atoms with Gasteiger partial charge in [0.1, 0.15) is 29.3 Å². The van der Waals surface area contributed by atoms with Crippen LogP contribution in [-0.2, 0) is 4.74 Å². The number of carbonyl (C=O) groups excluding carboxylic acids is 1. The molecule has 3 aromatic rings. The number of halogens is 1. The second-order valence-corrected chi connectivity index (χ2v) is 6.91. The van der Waals surface area contributed by atoms with Crippen molar-refractivity contribution in [3.05, 3.63) is 59.1 Å². The van der Waals surface area contributed by atoms with E-state index >= 15 is 0 Å². The number of rotatable bonds is 4. The van der Waals surface area contributed by atoms with E-state index in [-0.39, 0.29) is 12.0 Å². The van der Waals surface area contributed by atoms with Crippen LogP contribution >= 0.6 is 15.9 Å². The highest BCUT2D eigenvalue weighted by Gasteiger charge is 2.26. The van der Waals surface area contributed by atoms with Crippen molar-refractivity contribution in [2.24, 2.45) is 0 Å². The van der Waals surface area contributed by atoms with Crippen LogP contribution in [0.5, 0.6) is 5.88 Å². The van der Waals surface area contributed by atoms with Gasteiger partial charge < -0.3 is 14.4 Å². The summed E-state index contributed by atoms with van der Waals surface area (Å²) in [6.07, 6.45) is 1.25. The Morgan fingerprint density at radius 3 is 3.00 bits per heavy atom. The van der Waals surface area contributed by atoms with Gasteiger partial charge in [0.2, 0.25) is 5.88 Å². The molecule has 1 amide bonds. The van der Waals surface area contributed by atoms with Crippen molar-refractivity contribution in [2.75, 3.05) is 26.3 Å². The average molecular weight is 429 g/mol. The highest BCUT2D eigenvalue weighted by atomic mass is 79.9. The zero-order valence-corrected chi connectivity index (χ0v) is 16.0. The van der Waals surface area contributed by atoms with E-state index in [4.69, 9.17) is 9.47 Å². The molecule has 1 atom stereocenters. The number of pyridine rings is 1. The van der Waals surface area contributed by atoms with Crippen molar-refractivity contribution < 1.29 is 14.3 Å². The average Bonchev–Trinajstić information content (AvgIpc) is 2.72. The molecule has 2 aromatic heterocycles. The molecular formula is C19H17BrN4O3. The van der Waals surface area contributed by atoms with E-state index in [2.05, 4.69) is 30.9 Å². The molecule has 0 radical (unpaired) electrons. The topological polar surface area (TPSA) is 77.4 Å². The minimum absolute atomic E-state index is 0.114. The maximum atomic E-state index is 12.7. The number of fused-ring (bicyclic) bond motifs is 1. The minimum Gasteiger partial charge on any atom is -0.474 e. The molecule has 4 rings (SSSR count). The maximum Gasteiger partial charge on any atom is 0.272 e. The third-order valence-electron chi connectivity index (χ3n) is 4.27. The Morgan fingerprint density at radius 2 is 2.11 bits per heavy atom. The third kappa shape index (κ3) is 4.06. The number of para-hydroxylation sites is 1. The lowest BCUT2D eigenvalue weighted by Gasteiger charge is -2.32. The lowest BCUT2D eigenvalue weighted by Crippen LogP contribution is -2.47. The molecule has 0 bridgehead atoms. The normalized spacial score (nSPS) is 17.1. The van der Waals surface area contributed by atoms with Crippen molar-refractivity contribution in [1.29, 1.82) is 0 Å². The van der Waals surface area contributed by atoms with Crippen LogP contribution in [0, 0.1) is 0 Å². The molecular weight excluding hydrogens is 412 g/mol. The van der Waals surface area contributed by atoms with Gasteiger partial charge >= 0.3 is 0 Å².